The van der Waals surface area contributed by atoms with Crippen molar-refractivity contribution >= 4 is 75.4 Å². The maximum Gasteiger partial charge on any atom is 0 e. The van der Waals surface area contributed by atoms with Crippen molar-refractivity contribution in [3.63, 3.8) is 0 Å². The first kappa shape index (κ1) is 29.5. The molecule has 248 valence electrons. The minimum absolute atomic E-state index is 0. The van der Waals surface area contributed by atoms with Gasteiger partial charge in [-0.15, -0.1) is 0 Å². The third-order valence-electron chi connectivity index (χ3n) is 11.4. The third kappa shape index (κ3) is 4.31. The molecule has 0 N–H and O–H groups in total. The topological polar surface area (TPSA) is 0 Å². The van der Waals surface area contributed by atoms with E-state index < -0.39 is 0 Å². The Labute approximate surface area is 299 Å². The number of fused-ring (bicyclic) bond motifs is 1. The molecule has 10 aromatic carbocycles. The zero-order chi connectivity index (χ0) is 34.1. The summed E-state index contributed by atoms with van der Waals surface area (Å²) in [7, 11) is 0. The SMILES string of the molecule is CC(C)(C)c1cc2ccc3ccc(-c4ccc5cc(-c6ccc7ccc8cc(C(C)(C)C)cc9ccc6c7c89)ccc5c4)c4ccc(c1)c2c34.[HH].[HH].[HH].[HH]. The Balaban J connectivity index is 0.00000124. The van der Waals surface area contributed by atoms with Gasteiger partial charge in [-0.05, 0) is 132 Å². The Morgan fingerprint density at radius 1 is 0.300 bits per heavy atom. The summed E-state index contributed by atoms with van der Waals surface area (Å²) in [5.74, 6) is 0. The van der Waals surface area contributed by atoms with Crippen LogP contribution in [0.4, 0.5) is 0 Å². The molecule has 10 rings (SSSR count). The zero-order valence-electron chi connectivity index (χ0n) is 29.7. The minimum Gasteiger partial charge on any atom is -0.0561 e. The highest BCUT2D eigenvalue weighted by Crippen LogP contribution is 2.44. The average Bonchev–Trinajstić information content (AvgIpc) is 3.11. The lowest BCUT2D eigenvalue weighted by molar-refractivity contribution is 0.591. The Hall–Kier alpha value is -5.46. The van der Waals surface area contributed by atoms with Gasteiger partial charge in [-0.1, -0.05) is 163 Å². The van der Waals surface area contributed by atoms with Crippen LogP contribution in [0.1, 0.15) is 58.4 Å². The normalized spacial score (nSPS) is 13.0. The van der Waals surface area contributed by atoms with E-state index in [2.05, 4.69) is 175 Å². The van der Waals surface area contributed by atoms with Crippen LogP contribution in [0.5, 0.6) is 0 Å². The highest BCUT2D eigenvalue weighted by Gasteiger charge is 2.20. The Kier molecular flexibility index (Phi) is 5.92. The fourth-order valence-electron chi connectivity index (χ4n) is 8.59. The maximum absolute atomic E-state index is 2.39. The number of hydrogen-bond acceptors (Lipinski definition) is 0. The van der Waals surface area contributed by atoms with Gasteiger partial charge in [0.15, 0.2) is 0 Å². The molecule has 10 aromatic rings. The molecule has 0 nitrogen and oxygen atoms in total. The van der Waals surface area contributed by atoms with E-state index in [4.69, 9.17) is 0 Å². The van der Waals surface area contributed by atoms with E-state index >= 15 is 0 Å². The van der Waals surface area contributed by atoms with Gasteiger partial charge < -0.3 is 0 Å². The molecule has 0 heterocycles. The molecule has 0 aliphatic carbocycles. The molecule has 0 fully saturated rings. The van der Waals surface area contributed by atoms with Crippen LogP contribution < -0.4 is 0 Å². The maximum atomic E-state index is 2.39. The van der Waals surface area contributed by atoms with Crippen LogP contribution >= 0.6 is 0 Å². The van der Waals surface area contributed by atoms with Crippen molar-refractivity contribution in [2.24, 2.45) is 0 Å². The van der Waals surface area contributed by atoms with Crippen molar-refractivity contribution in [2.75, 3.05) is 0 Å². The summed E-state index contributed by atoms with van der Waals surface area (Å²) in [5.41, 5.74) is 8.09. The lowest BCUT2D eigenvalue weighted by Crippen LogP contribution is -2.10. The van der Waals surface area contributed by atoms with E-state index in [9.17, 15) is 0 Å². The second-order valence-electron chi connectivity index (χ2n) is 16.7. The molecule has 0 bridgehead atoms. The Morgan fingerprint density at radius 2 is 0.620 bits per heavy atom. The van der Waals surface area contributed by atoms with Crippen molar-refractivity contribution in [1.82, 2.24) is 0 Å². The first-order valence-corrected chi connectivity index (χ1v) is 18.0. The molecule has 0 atom stereocenters. The van der Waals surface area contributed by atoms with Gasteiger partial charge in [0.1, 0.15) is 0 Å². The van der Waals surface area contributed by atoms with Crippen molar-refractivity contribution in [1.29, 1.82) is 0 Å². The molecule has 0 heteroatoms. The summed E-state index contributed by atoms with van der Waals surface area (Å²) in [6, 6.07) is 51.4. The summed E-state index contributed by atoms with van der Waals surface area (Å²) < 4.78 is 0. The molecule has 0 aliphatic heterocycles. The van der Waals surface area contributed by atoms with Gasteiger partial charge in [0.25, 0.3) is 0 Å². The fraction of sp³-hybridized carbons (Fsp3) is 0.160. The van der Waals surface area contributed by atoms with E-state index in [1.54, 1.807) is 0 Å². The Bertz CT molecular complexity index is 2750. The van der Waals surface area contributed by atoms with Gasteiger partial charge in [0.2, 0.25) is 0 Å². The summed E-state index contributed by atoms with van der Waals surface area (Å²) in [6.07, 6.45) is 0. The second-order valence-corrected chi connectivity index (χ2v) is 16.7. The van der Waals surface area contributed by atoms with Crippen molar-refractivity contribution in [3.05, 3.63) is 145 Å². The smallest absolute Gasteiger partial charge is 0 e. The number of hydrogen-bond donors (Lipinski definition) is 0. The van der Waals surface area contributed by atoms with Crippen LogP contribution in [0.2, 0.25) is 0 Å². The summed E-state index contributed by atoms with van der Waals surface area (Å²) in [5, 5.41) is 18.6. The predicted octanol–water partition coefficient (Wildman–Crippen LogP) is 15.5. The molecule has 0 radical (unpaired) electrons. The molecule has 0 saturated heterocycles. The lowest BCUT2D eigenvalue weighted by atomic mass is 9.82. The van der Waals surface area contributed by atoms with Crippen LogP contribution in [-0.2, 0) is 10.8 Å². The molecule has 0 saturated carbocycles. The monoisotopic (exact) mass is 648 g/mol. The lowest BCUT2D eigenvalue weighted by Gasteiger charge is -2.22. The minimum atomic E-state index is 0. The van der Waals surface area contributed by atoms with E-state index in [0.717, 1.165) is 0 Å². The van der Waals surface area contributed by atoms with Crippen LogP contribution in [0, 0.1) is 0 Å². The standard InChI is InChI=1S/C50H40.4H2/c1-49(2,3)39-25-35-13-7-29-15-19-41(43-21-17-37(27-39)45(35)47(29)43)33-11-9-32-24-34(12-10-31(32)23-33)42-20-16-30-8-14-36-26-40(50(4,5)6)28-38-18-22-44(42)48(30)46(36)38;;;;/h7-28H,1-6H3;4*1H. The molecule has 0 unspecified atom stereocenters. The van der Waals surface area contributed by atoms with E-state index in [1.807, 2.05) is 0 Å². The third-order valence-corrected chi connectivity index (χ3v) is 11.4. The molecule has 0 aliphatic rings. The first-order valence-electron chi connectivity index (χ1n) is 18.0. The zero-order valence-corrected chi connectivity index (χ0v) is 29.7. The van der Waals surface area contributed by atoms with Gasteiger partial charge in [0, 0.05) is 5.71 Å². The molecular weight excluding hydrogens is 601 g/mol. The summed E-state index contributed by atoms with van der Waals surface area (Å²) >= 11 is 0. The first-order chi connectivity index (χ1) is 24.0. The molecule has 0 spiro atoms. The summed E-state index contributed by atoms with van der Waals surface area (Å²) in [4.78, 5) is 0. The molecule has 0 aromatic heterocycles. The van der Waals surface area contributed by atoms with Crippen LogP contribution in [0.25, 0.3) is 97.7 Å². The van der Waals surface area contributed by atoms with Crippen molar-refractivity contribution < 1.29 is 5.71 Å². The highest BCUT2D eigenvalue weighted by atomic mass is 14.2. The largest absolute Gasteiger partial charge is 0.0561 e. The van der Waals surface area contributed by atoms with Gasteiger partial charge in [-0.3, -0.25) is 0 Å². The van der Waals surface area contributed by atoms with Crippen LogP contribution in [0.15, 0.2) is 133 Å². The summed E-state index contributed by atoms with van der Waals surface area (Å²) in [6.45, 7) is 13.8. The van der Waals surface area contributed by atoms with Gasteiger partial charge >= 0.3 is 0 Å². The van der Waals surface area contributed by atoms with Crippen molar-refractivity contribution in [3.8, 4) is 22.3 Å². The molecular formula is C50H48. The van der Waals surface area contributed by atoms with Crippen LogP contribution in [0.3, 0.4) is 0 Å². The van der Waals surface area contributed by atoms with E-state index in [0.29, 0.717) is 0 Å². The van der Waals surface area contributed by atoms with Crippen molar-refractivity contribution in [2.45, 2.75) is 52.4 Å². The second kappa shape index (κ2) is 10.1. The quantitative estimate of drug-likeness (QED) is 0.164. The van der Waals surface area contributed by atoms with Crippen LogP contribution in [-0.4, -0.2) is 0 Å². The number of rotatable bonds is 2. The molecule has 0 amide bonds. The highest BCUT2D eigenvalue weighted by molar-refractivity contribution is 6.27. The van der Waals surface area contributed by atoms with Gasteiger partial charge in [-0.2, -0.15) is 0 Å². The van der Waals surface area contributed by atoms with E-state index in [-0.39, 0.29) is 16.5 Å². The van der Waals surface area contributed by atoms with E-state index in [1.165, 1.54) is 109 Å². The number of benzene rings is 10. The fourth-order valence-corrected chi connectivity index (χ4v) is 8.59. The van der Waals surface area contributed by atoms with Gasteiger partial charge in [0.05, 0.1) is 0 Å². The predicted molar refractivity (Wildman–Crippen MR) is 228 cm³/mol. The average molecular weight is 649 g/mol. The van der Waals surface area contributed by atoms with Gasteiger partial charge in [-0.25, -0.2) is 0 Å². The Morgan fingerprint density at radius 3 is 1.00 bits per heavy atom. The molecule has 50 heavy (non-hydrogen) atoms.